The Labute approximate surface area is 172 Å². The number of methoxy groups -OCH3 is 1. The second kappa shape index (κ2) is 10.9. The maximum Gasteiger partial charge on any atom is 0.251 e. The number of aliphatic hydroxyl groups is 1. The number of nitrogens with zero attached hydrogens (tertiary/aromatic N) is 2. The third-order valence-corrected chi connectivity index (χ3v) is 5.38. The van der Waals surface area contributed by atoms with E-state index in [1.807, 2.05) is 36.5 Å². The average molecular weight is 398 g/mol. The van der Waals surface area contributed by atoms with Crippen molar-refractivity contribution in [1.82, 2.24) is 10.3 Å². The first-order chi connectivity index (χ1) is 14.2. The molecule has 1 amide bonds. The number of rotatable bonds is 7. The first-order valence-corrected chi connectivity index (χ1v) is 10.4. The number of aromatic nitrogens is 1. The zero-order valence-corrected chi connectivity index (χ0v) is 17.1. The van der Waals surface area contributed by atoms with Crippen molar-refractivity contribution in [2.24, 2.45) is 0 Å². The minimum atomic E-state index is -0.559. The highest BCUT2D eigenvalue weighted by molar-refractivity contribution is 5.95. The molecule has 1 aliphatic rings. The lowest BCUT2D eigenvalue weighted by Gasteiger charge is -2.28. The third kappa shape index (κ3) is 6.02. The predicted octanol–water partition coefficient (Wildman–Crippen LogP) is 3.11. The largest absolute Gasteiger partial charge is 0.388 e. The average Bonchev–Trinajstić information content (AvgIpc) is 2.82. The number of nitrogens with one attached hydrogen (secondary N) is 1. The number of benzene rings is 1. The van der Waals surface area contributed by atoms with Gasteiger partial charge in [0.1, 0.15) is 0 Å². The summed E-state index contributed by atoms with van der Waals surface area (Å²) in [6, 6.07) is 9.56. The summed E-state index contributed by atoms with van der Waals surface area (Å²) < 4.78 is 5.26. The van der Waals surface area contributed by atoms with E-state index < -0.39 is 6.10 Å². The van der Waals surface area contributed by atoms with Crippen LogP contribution in [0.3, 0.4) is 0 Å². The molecule has 2 N–H and O–H groups in total. The van der Waals surface area contributed by atoms with Gasteiger partial charge < -0.3 is 20.1 Å². The van der Waals surface area contributed by atoms with Gasteiger partial charge in [0.15, 0.2) is 0 Å². The summed E-state index contributed by atoms with van der Waals surface area (Å²) in [5.41, 5.74) is 3.51. The van der Waals surface area contributed by atoms with Crippen LogP contribution in [0.5, 0.6) is 0 Å². The number of hydrogen-bond donors (Lipinski definition) is 2. The summed E-state index contributed by atoms with van der Waals surface area (Å²) >= 11 is 0. The van der Waals surface area contributed by atoms with Crippen molar-refractivity contribution in [2.75, 3.05) is 38.3 Å². The van der Waals surface area contributed by atoms with Gasteiger partial charge >= 0.3 is 0 Å². The molecule has 3 rings (SSSR count). The van der Waals surface area contributed by atoms with Gasteiger partial charge in [-0.3, -0.25) is 9.78 Å². The zero-order chi connectivity index (χ0) is 20.5. The molecule has 0 fully saturated rings. The number of carbonyl (C=O) groups is 1. The van der Waals surface area contributed by atoms with Gasteiger partial charge in [-0.25, -0.2) is 0 Å². The van der Waals surface area contributed by atoms with Crippen LogP contribution in [-0.4, -0.2) is 49.3 Å². The zero-order valence-electron chi connectivity index (χ0n) is 17.1. The molecule has 6 nitrogen and oxygen atoms in total. The van der Waals surface area contributed by atoms with Crippen molar-refractivity contribution in [2.45, 2.75) is 38.2 Å². The molecule has 0 aliphatic carbocycles. The quantitative estimate of drug-likeness (QED) is 0.751. The van der Waals surface area contributed by atoms with Gasteiger partial charge in [0.05, 0.1) is 12.7 Å². The van der Waals surface area contributed by atoms with Gasteiger partial charge in [-0.05, 0) is 49.1 Å². The summed E-state index contributed by atoms with van der Waals surface area (Å²) in [5.74, 6) is -0.118. The SMILES string of the molecule is COCCN1CCCCCC(O)c2cc(C(=O)NCCc3cccnc3)ccc21. The van der Waals surface area contributed by atoms with E-state index in [1.165, 1.54) is 0 Å². The van der Waals surface area contributed by atoms with Crippen LogP contribution < -0.4 is 10.2 Å². The molecule has 1 aromatic carbocycles. The van der Waals surface area contributed by atoms with Gasteiger partial charge in [-0.2, -0.15) is 0 Å². The summed E-state index contributed by atoms with van der Waals surface area (Å²) in [4.78, 5) is 19.0. The number of amides is 1. The van der Waals surface area contributed by atoms with Crippen LogP contribution in [0.25, 0.3) is 0 Å². The Bertz CT molecular complexity index is 782. The Balaban J connectivity index is 1.73. The fourth-order valence-corrected chi connectivity index (χ4v) is 3.75. The Morgan fingerprint density at radius 3 is 3.00 bits per heavy atom. The van der Waals surface area contributed by atoms with E-state index in [9.17, 15) is 9.90 Å². The lowest BCUT2D eigenvalue weighted by Crippen LogP contribution is -2.30. The second-order valence-corrected chi connectivity index (χ2v) is 7.49. The van der Waals surface area contributed by atoms with E-state index in [4.69, 9.17) is 4.74 Å². The van der Waals surface area contributed by atoms with Crippen LogP contribution in [0, 0.1) is 0 Å². The van der Waals surface area contributed by atoms with Crippen LogP contribution in [0.2, 0.25) is 0 Å². The first kappa shape index (κ1) is 21.3. The van der Waals surface area contributed by atoms with Crippen molar-refractivity contribution in [1.29, 1.82) is 0 Å². The molecule has 2 aromatic rings. The highest BCUT2D eigenvalue weighted by Crippen LogP contribution is 2.32. The van der Waals surface area contributed by atoms with Crippen molar-refractivity contribution in [3.8, 4) is 0 Å². The molecule has 156 valence electrons. The molecule has 0 radical (unpaired) electrons. The van der Waals surface area contributed by atoms with Crippen LogP contribution in [0.1, 0.15) is 53.3 Å². The molecule has 1 aromatic heterocycles. The van der Waals surface area contributed by atoms with E-state index in [2.05, 4.69) is 15.2 Å². The van der Waals surface area contributed by atoms with Gasteiger partial charge in [0.25, 0.3) is 5.91 Å². The van der Waals surface area contributed by atoms with Gasteiger partial charge in [0.2, 0.25) is 0 Å². The molecular weight excluding hydrogens is 366 g/mol. The number of pyridine rings is 1. The second-order valence-electron chi connectivity index (χ2n) is 7.49. The fraction of sp³-hybridized carbons (Fsp3) is 0.478. The fourth-order valence-electron chi connectivity index (χ4n) is 3.75. The lowest BCUT2D eigenvalue weighted by molar-refractivity contribution is 0.0953. The molecule has 0 bridgehead atoms. The molecule has 1 unspecified atom stereocenters. The maximum absolute atomic E-state index is 12.7. The number of anilines is 1. The van der Waals surface area contributed by atoms with E-state index >= 15 is 0 Å². The minimum Gasteiger partial charge on any atom is -0.388 e. The Morgan fingerprint density at radius 1 is 1.31 bits per heavy atom. The van der Waals surface area contributed by atoms with Gasteiger partial charge in [-0.15, -0.1) is 0 Å². The third-order valence-electron chi connectivity index (χ3n) is 5.38. The number of fused-ring (bicyclic) bond motifs is 1. The van der Waals surface area contributed by atoms with E-state index in [0.717, 1.165) is 62.0 Å². The number of hydrogen-bond acceptors (Lipinski definition) is 5. The van der Waals surface area contributed by atoms with Crippen LogP contribution in [-0.2, 0) is 11.2 Å². The summed E-state index contributed by atoms with van der Waals surface area (Å²) in [7, 11) is 1.70. The molecular formula is C23H31N3O3. The highest BCUT2D eigenvalue weighted by atomic mass is 16.5. The molecule has 1 atom stereocenters. The van der Waals surface area contributed by atoms with E-state index in [1.54, 1.807) is 13.3 Å². The van der Waals surface area contributed by atoms with Gasteiger partial charge in [-0.1, -0.05) is 18.9 Å². The van der Waals surface area contributed by atoms with Crippen LogP contribution in [0.15, 0.2) is 42.7 Å². The number of ether oxygens (including phenoxy) is 1. The molecule has 29 heavy (non-hydrogen) atoms. The molecule has 6 heteroatoms. The monoisotopic (exact) mass is 397 g/mol. The summed E-state index contributed by atoms with van der Waals surface area (Å²) in [5, 5.41) is 13.7. The number of carbonyl (C=O) groups excluding carboxylic acids is 1. The topological polar surface area (TPSA) is 74.7 Å². The first-order valence-electron chi connectivity index (χ1n) is 10.4. The molecule has 0 saturated carbocycles. The van der Waals surface area contributed by atoms with E-state index in [0.29, 0.717) is 18.7 Å². The maximum atomic E-state index is 12.7. The van der Waals surface area contributed by atoms with Crippen molar-refractivity contribution < 1.29 is 14.6 Å². The van der Waals surface area contributed by atoms with Gasteiger partial charge in [0, 0.05) is 56.0 Å². The molecule has 1 aliphatic heterocycles. The Kier molecular flexibility index (Phi) is 8.02. The molecule has 2 heterocycles. The predicted molar refractivity (Wildman–Crippen MR) is 114 cm³/mol. The molecule has 0 saturated heterocycles. The molecule has 0 spiro atoms. The highest BCUT2D eigenvalue weighted by Gasteiger charge is 2.21. The smallest absolute Gasteiger partial charge is 0.251 e. The Hall–Kier alpha value is -2.44. The summed E-state index contributed by atoms with van der Waals surface area (Å²) in [6.07, 6.45) is 7.61. The van der Waals surface area contributed by atoms with Crippen molar-refractivity contribution in [3.05, 3.63) is 59.4 Å². The standard InChI is InChI=1S/C23H31N3O3/c1-29-15-14-26-13-4-2-3-7-22(27)20-16-19(8-9-21(20)26)23(28)25-12-10-18-6-5-11-24-17-18/h5-6,8-9,11,16-17,22,27H,2-4,7,10,12-15H2,1H3,(H,25,28). The normalized spacial score (nSPS) is 17.0. The van der Waals surface area contributed by atoms with Crippen molar-refractivity contribution in [3.63, 3.8) is 0 Å². The lowest BCUT2D eigenvalue weighted by atomic mass is 9.99. The van der Waals surface area contributed by atoms with Crippen LogP contribution >= 0.6 is 0 Å². The van der Waals surface area contributed by atoms with Crippen LogP contribution in [0.4, 0.5) is 5.69 Å². The summed E-state index contributed by atoms with van der Waals surface area (Å²) in [6.45, 7) is 2.88. The van der Waals surface area contributed by atoms with E-state index in [-0.39, 0.29) is 5.91 Å². The van der Waals surface area contributed by atoms with Crippen molar-refractivity contribution >= 4 is 11.6 Å². The minimum absolute atomic E-state index is 0.118. The Morgan fingerprint density at radius 2 is 2.21 bits per heavy atom. The number of aliphatic hydroxyl groups excluding tert-OH is 1.